The molecule has 19 heavy (non-hydrogen) atoms. The van der Waals surface area contributed by atoms with Crippen molar-refractivity contribution in [1.82, 2.24) is 5.32 Å². The predicted molar refractivity (Wildman–Crippen MR) is 65.9 cm³/mol. The highest BCUT2D eigenvalue weighted by Gasteiger charge is 2.13. The maximum Gasteiger partial charge on any atom is 0.303 e. The third kappa shape index (κ3) is 5.96. The van der Waals surface area contributed by atoms with Gasteiger partial charge in [0.25, 0.3) is 0 Å². The molecule has 0 spiro atoms. The van der Waals surface area contributed by atoms with Crippen molar-refractivity contribution >= 4 is 11.9 Å². The Morgan fingerprint density at radius 1 is 1.37 bits per heavy atom. The molecule has 1 rings (SSSR count). The summed E-state index contributed by atoms with van der Waals surface area (Å²) in [7, 11) is 0. The van der Waals surface area contributed by atoms with E-state index in [-0.39, 0.29) is 19.4 Å². The molecule has 0 aliphatic rings. The Kier molecular flexibility index (Phi) is 5.95. The van der Waals surface area contributed by atoms with Gasteiger partial charge in [-0.05, 0) is 24.1 Å². The lowest BCUT2D eigenvalue weighted by molar-refractivity contribution is -0.137. The number of hydrogen-bond acceptors (Lipinski definition) is 3. The first kappa shape index (κ1) is 15.1. The van der Waals surface area contributed by atoms with Gasteiger partial charge in [0.1, 0.15) is 5.82 Å². The highest BCUT2D eigenvalue weighted by molar-refractivity contribution is 5.76. The van der Waals surface area contributed by atoms with Crippen LogP contribution in [0.1, 0.15) is 30.9 Å². The van der Waals surface area contributed by atoms with E-state index in [1.807, 2.05) is 0 Å². The van der Waals surface area contributed by atoms with Crippen molar-refractivity contribution in [3.63, 3.8) is 0 Å². The molecule has 0 saturated heterocycles. The summed E-state index contributed by atoms with van der Waals surface area (Å²) in [6, 6.07) is 5.41. The largest absolute Gasteiger partial charge is 0.481 e. The molecule has 0 fully saturated rings. The van der Waals surface area contributed by atoms with E-state index in [0.717, 1.165) is 0 Å². The number of carbonyl (C=O) groups excluding carboxylic acids is 1. The van der Waals surface area contributed by atoms with E-state index >= 15 is 0 Å². The van der Waals surface area contributed by atoms with Gasteiger partial charge in [0.15, 0.2) is 0 Å². The fraction of sp³-hybridized carbons (Fsp3) is 0.385. The van der Waals surface area contributed by atoms with Crippen LogP contribution in [0.3, 0.4) is 0 Å². The van der Waals surface area contributed by atoms with Crippen LogP contribution in [-0.4, -0.2) is 28.6 Å². The van der Waals surface area contributed by atoms with Crippen LogP contribution in [0.2, 0.25) is 0 Å². The third-order valence-corrected chi connectivity index (χ3v) is 2.50. The number of nitrogens with one attached hydrogen (secondary N) is 1. The molecule has 5 nitrogen and oxygen atoms in total. The number of hydrogen-bond donors (Lipinski definition) is 3. The van der Waals surface area contributed by atoms with Gasteiger partial charge in [0.05, 0.1) is 12.5 Å². The summed E-state index contributed by atoms with van der Waals surface area (Å²) in [6.07, 6.45) is -0.949. The molecule has 1 aromatic rings. The zero-order valence-corrected chi connectivity index (χ0v) is 10.3. The Morgan fingerprint density at radius 3 is 2.74 bits per heavy atom. The zero-order chi connectivity index (χ0) is 14.3. The normalized spacial score (nSPS) is 11.9. The summed E-state index contributed by atoms with van der Waals surface area (Å²) < 4.78 is 12.9. The number of aliphatic hydroxyl groups excluding tert-OH is 1. The van der Waals surface area contributed by atoms with Crippen LogP contribution in [0.5, 0.6) is 0 Å². The maximum absolute atomic E-state index is 12.9. The standard InChI is InChI=1S/C13H16FNO4/c14-10-4-1-3-9(7-10)11(16)8-12(17)15-6-2-5-13(18)19/h1,3-4,7,11,16H,2,5-6,8H2,(H,15,17)(H,18,19). The molecule has 1 unspecified atom stereocenters. The lowest BCUT2D eigenvalue weighted by Gasteiger charge is -2.11. The molecular weight excluding hydrogens is 253 g/mol. The first-order valence-corrected chi connectivity index (χ1v) is 5.91. The van der Waals surface area contributed by atoms with Crippen LogP contribution < -0.4 is 5.32 Å². The Morgan fingerprint density at radius 2 is 2.11 bits per heavy atom. The summed E-state index contributed by atoms with van der Waals surface area (Å²) in [5.74, 6) is -1.80. The van der Waals surface area contributed by atoms with E-state index in [9.17, 15) is 19.1 Å². The molecule has 0 aromatic heterocycles. The minimum Gasteiger partial charge on any atom is -0.481 e. The Balaban J connectivity index is 2.34. The lowest BCUT2D eigenvalue weighted by atomic mass is 10.1. The summed E-state index contributed by atoms with van der Waals surface area (Å²) in [5, 5.41) is 20.6. The van der Waals surface area contributed by atoms with Crippen molar-refractivity contribution in [2.24, 2.45) is 0 Å². The van der Waals surface area contributed by atoms with Crippen LogP contribution >= 0.6 is 0 Å². The highest BCUT2D eigenvalue weighted by Crippen LogP contribution is 2.17. The summed E-state index contributed by atoms with van der Waals surface area (Å²) in [6.45, 7) is 0.237. The Bertz CT molecular complexity index is 450. The zero-order valence-electron chi connectivity index (χ0n) is 10.3. The van der Waals surface area contributed by atoms with Crippen LogP contribution in [0, 0.1) is 5.82 Å². The Hall–Kier alpha value is -1.95. The SMILES string of the molecule is O=C(O)CCCNC(=O)CC(O)c1cccc(F)c1. The second kappa shape index (κ2) is 7.48. The first-order chi connectivity index (χ1) is 8.99. The molecule has 1 aromatic carbocycles. The van der Waals surface area contributed by atoms with Gasteiger partial charge in [0.2, 0.25) is 5.91 Å². The van der Waals surface area contributed by atoms with Crippen LogP contribution in [0.4, 0.5) is 4.39 Å². The fourth-order valence-electron chi connectivity index (χ4n) is 1.55. The van der Waals surface area contributed by atoms with Gasteiger partial charge in [-0.15, -0.1) is 0 Å². The van der Waals surface area contributed by atoms with Gasteiger partial charge in [-0.2, -0.15) is 0 Å². The number of aliphatic hydroxyl groups is 1. The summed E-state index contributed by atoms with van der Waals surface area (Å²) in [5.41, 5.74) is 0.334. The molecule has 0 saturated carbocycles. The topological polar surface area (TPSA) is 86.6 Å². The van der Waals surface area contributed by atoms with E-state index in [1.54, 1.807) is 0 Å². The van der Waals surface area contributed by atoms with E-state index in [0.29, 0.717) is 12.0 Å². The maximum atomic E-state index is 12.9. The van der Waals surface area contributed by atoms with Crippen molar-refractivity contribution in [2.75, 3.05) is 6.54 Å². The van der Waals surface area contributed by atoms with Crippen molar-refractivity contribution in [2.45, 2.75) is 25.4 Å². The number of rotatable bonds is 7. The van der Waals surface area contributed by atoms with Gasteiger partial charge < -0.3 is 15.5 Å². The van der Waals surface area contributed by atoms with Crippen LogP contribution in [0.15, 0.2) is 24.3 Å². The van der Waals surface area contributed by atoms with Crippen molar-refractivity contribution in [1.29, 1.82) is 0 Å². The summed E-state index contributed by atoms with van der Waals surface area (Å²) >= 11 is 0. The molecule has 6 heteroatoms. The minimum absolute atomic E-state index is 0.0211. The lowest BCUT2D eigenvalue weighted by Crippen LogP contribution is -2.26. The first-order valence-electron chi connectivity index (χ1n) is 5.91. The number of halogens is 1. The molecule has 1 atom stereocenters. The molecule has 0 aliphatic carbocycles. The molecule has 0 heterocycles. The number of aliphatic carboxylic acids is 1. The molecule has 0 radical (unpaired) electrons. The number of amides is 1. The van der Waals surface area contributed by atoms with Crippen molar-refractivity contribution in [3.8, 4) is 0 Å². The number of benzene rings is 1. The van der Waals surface area contributed by atoms with Crippen molar-refractivity contribution < 1.29 is 24.2 Å². The highest BCUT2D eigenvalue weighted by atomic mass is 19.1. The summed E-state index contributed by atoms with van der Waals surface area (Å²) in [4.78, 5) is 21.7. The van der Waals surface area contributed by atoms with Crippen LogP contribution in [-0.2, 0) is 9.59 Å². The average Bonchev–Trinajstić information content (AvgIpc) is 2.34. The van der Waals surface area contributed by atoms with Crippen LogP contribution in [0.25, 0.3) is 0 Å². The smallest absolute Gasteiger partial charge is 0.303 e. The molecule has 104 valence electrons. The number of carboxylic acid groups (broad SMARTS) is 1. The molecule has 0 bridgehead atoms. The molecular formula is C13H16FNO4. The molecule has 3 N–H and O–H groups in total. The average molecular weight is 269 g/mol. The molecule has 1 amide bonds. The fourth-order valence-corrected chi connectivity index (χ4v) is 1.55. The Labute approximate surface area is 110 Å². The van der Waals surface area contributed by atoms with Gasteiger partial charge in [-0.3, -0.25) is 9.59 Å². The quantitative estimate of drug-likeness (QED) is 0.650. The van der Waals surface area contributed by atoms with E-state index in [1.165, 1.54) is 24.3 Å². The van der Waals surface area contributed by atoms with E-state index in [4.69, 9.17) is 5.11 Å². The second-order valence-electron chi connectivity index (χ2n) is 4.12. The van der Waals surface area contributed by atoms with Gasteiger partial charge in [-0.1, -0.05) is 12.1 Å². The van der Waals surface area contributed by atoms with Gasteiger partial charge in [0, 0.05) is 13.0 Å². The van der Waals surface area contributed by atoms with E-state index < -0.39 is 23.8 Å². The second-order valence-corrected chi connectivity index (χ2v) is 4.12. The number of carboxylic acids is 1. The minimum atomic E-state index is -1.07. The van der Waals surface area contributed by atoms with Crippen molar-refractivity contribution in [3.05, 3.63) is 35.6 Å². The van der Waals surface area contributed by atoms with Gasteiger partial charge in [-0.25, -0.2) is 4.39 Å². The monoisotopic (exact) mass is 269 g/mol. The predicted octanol–water partition coefficient (Wildman–Crippen LogP) is 1.23. The number of carbonyl (C=O) groups is 2. The van der Waals surface area contributed by atoms with Gasteiger partial charge >= 0.3 is 5.97 Å². The third-order valence-electron chi connectivity index (χ3n) is 2.50. The molecule has 0 aliphatic heterocycles. The van der Waals surface area contributed by atoms with E-state index in [2.05, 4.69) is 5.32 Å².